The van der Waals surface area contributed by atoms with Gasteiger partial charge in [-0.1, -0.05) is 12.7 Å². The Bertz CT molecular complexity index is 349. The molecule has 0 spiro atoms. The minimum absolute atomic E-state index is 0.0691. The van der Waals surface area contributed by atoms with Crippen LogP contribution in [0.3, 0.4) is 0 Å². The van der Waals surface area contributed by atoms with Crippen LogP contribution in [0.25, 0.3) is 0 Å². The number of nitrogens with one attached hydrogen (secondary N) is 1. The van der Waals surface area contributed by atoms with E-state index in [0.717, 1.165) is 6.42 Å². The van der Waals surface area contributed by atoms with Gasteiger partial charge in [-0.05, 0) is 19.4 Å². The number of hydrogen-bond acceptors (Lipinski definition) is 5. The van der Waals surface area contributed by atoms with Gasteiger partial charge in [0.1, 0.15) is 13.2 Å². The number of carboxylic acid groups (broad SMARTS) is 1. The first kappa shape index (κ1) is 14.2. The molecule has 0 saturated carbocycles. The molecule has 1 rings (SSSR count). The van der Waals surface area contributed by atoms with Gasteiger partial charge < -0.3 is 15.2 Å². The van der Waals surface area contributed by atoms with Gasteiger partial charge in [-0.15, -0.1) is 0 Å². The van der Waals surface area contributed by atoms with E-state index < -0.39 is 30.6 Å². The Hall–Kier alpha value is -1.89. The Morgan fingerprint density at radius 3 is 2.72 bits per heavy atom. The maximum absolute atomic E-state index is 12.0. The van der Waals surface area contributed by atoms with E-state index in [0.29, 0.717) is 17.9 Å². The van der Waals surface area contributed by atoms with Gasteiger partial charge in [0.15, 0.2) is 0 Å². The SMILES string of the molecule is C=CCOC(=O)N(CC(=O)O)C(=O)[C@@H]1CCCN1. The molecule has 0 aromatic heterocycles. The molecule has 1 fully saturated rings. The van der Waals surface area contributed by atoms with Crippen LogP contribution in [0.5, 0.6) is 0 Å². The standard InChI is InChI=1S/C11H16N2O5/c1-2-6-18-11(17)13(7-9(14)15)10(16)8-4-3-5-12-8/h2,8,12H,1,3-7H2,(H,14,15)/t8-/m0/s1. The predicted molar refractivity (Wildman–Crippen MR) is 61.9 cm³/mol. The molecule has 1 aliphatic heterocycles. The molecular weight excluding hydrogens is 240 g/mol. The van der Waals surface area contributed by atoms with E-state index in [1.54, 1.807) is 0 Å². The minimum atomic E-state index is -1.27. The van der Waals surface area contributed by atoms with E-state index in [9.17, 15) is 14.4 Å². The second kappa shape index (κ2) is 6.75. The van der Waals surface area contributed by atoms with Crippen molar-refractivity contribution in [1.29, 1.82) is 0 Å². The van der Waals surface area contributed by atoms with Crippen molar-refractivity contribution in [3.05, 3.63) is 12.7 Å². The molecule has 100 valence electrons. The van der Waals surface area contributed by atoms with Crippen molar-refractivity contribution in [1.82, 2.24) is 10.2 Å². The van der Waals surface area contributed by atoms with Gasteiger partial charge in [0.05, 0.1) is 6.04 Å². The lowest BCUT2D eigenvalue weighted by Crippen LogP contribution is -2.48. The van der Waals surface area contributed by atoms with E-state index in [-0.39, 0.29) is 6.61 Å². The molecular formula is C11H16N2O5. The van der Waals surface area contributed by atoms with Gasteiger partial charge in [0.2, 0.25) is 5.91 Å². The average molecular weight is 256 g/mol. The molecule has 1 aliphatic rings. The average Bonchev–Trinajstić information content (AvgIpc) is 2.85. The lowest BCUT2D eigenvalue weighted by molar-refractivity contribution is -0.143. The maximum atomic E-state index is 12.0. The molecule has 0 aromatic carbocycles. The van der Waals surface area contributed by atoms with Crippen LogP contribution >= 0.6 is 0 Å². The summed E-state index contributed by atoms with van der Waals surface area (Å²) in [5.74, 6) is -1.83. The number of carbonyl (C=O) groups excluding carboxylic acids is 2. The Kier molecular flexibility index (Phi) is 5.31. The maximum Gasteiger partial charge on any atom is 0.417 e. The smallest absolute Gasteiger partial charge is 0.417 e. The van der Waals surface area contributed by atoms with Crippen molar-refractivity contribution < 1.29 is 24.2 Å². The Balaban J connectivity index is 2.69. The fraction of sp³-hybridized carbons (Fsp3) is 0.545. The number of amides is 2. The summed E-state index contributed by atoms with van der Waals surface area (Å²) in [4.78, 5) is 34.8. The Labute approximate surface area is 104 Å². The van der Waals surface area contributed by atoms with Crippen molar-refractivity contribution in [2.75, 3.05) is 19.7 Å². The summed E-state index contributed by atoms with van der Waals surface area (Å²) in [5, 5.41) is 11.6. The van der Waals surface area contributed by atoms with E-state index >= 15 is 0 Å². The van der Waals surface area contributed by atoms with E-state index in [1.807, 2.05) is 0 Å². The molecule has 1 atom stereocenters. The predicted octanol–water partition coefficient (Wildman–Crippen LogP) is -0.0258. The van der Waals surface area contributed by atoms with Crippen LogP contribution in [0.4, 0.5) is 4.79 Å². The largest absolute Gasteiger partial charge is 0.480 e. The van der Waals surface area contributed by atoms with Crippen molar-refractivity contribution in [3.8, 4) is 0 Å². The van der Waals surface area contributed by atoms with E-state index in [4.69, 9.17) is 9.84 Å². The summed E-state index contributed by atoms with van der Waals surface area (Å²) >= 11 is 0. The molecule has 2 amide bonds. The fourth-order valence-corrected chi connectivity index (χ4v) is 1.66. The number of carbonyl (C=O) groups is 3. The highest BCUT2D eigenvalue weighted by Gasteiger charge is 2.32. The number of nitrogens with zero attached hydrogens (tertiary/aromatic N) is 1. The van der Waals surface area contributed by atoms with E-state index in [1.165, 1.54) is 6.08 Å². The third-order valence-electron chi connectivity index (χ3n) is 2.46. The summed E-state index contributed by atoms with van der Waals surface area (Å²) < 4.78 is 4.69. The normalized spacial score (nSPS) is 18.1. The lowest BCUT2D eigenvalue weighted by Gasteiger charge is -2.21. The van der Waals surface area contributed by atoms with Crippen molar-refractivity contribution in [2.45, 2.75) is 18.9 Å². The third kappa shape index (κ3) is 3.85. The van der Waals surface area contributed by atoms with Crippen LogP contribution < -0.4 is 5.32 Å². The van der Waals surface area contributed by atoms with Gasteiger partial charge in [-0.2, -0.15) is 0 Å². The zero-order valence-electron chi connectivity index (χ0n) is 9.92. The molecule has 7 heteroatoms. The molecule has 0 aromatic rings. The number of aliphatic carboxylic acids is 1. The van der Waals surface area contributed by atoms with Crippen LogP contribution in [-0.2, 0) is 14.3 Å². The number of hydrogen-bond donors (Lipinski definition) is 2. The van der Waals surface area contributed by atoms with Gasteiger partial charge >= 0.3 is 12.1 Å². The molecule has 18 heavy (non-hydrogen) atoms. The number of imide groups is 1. The highest BCUT2D eigenvalue weighted by molar-refractivity contribution is 5.97. The summed E-state index contributed by atoms with van der Waals surface area (Å²) in [6, 6.07) is -0.513. The molecule has 1 saturated heterocycles. The molecule has 0 aliphatic carbocycles. The number of carboxylic acids is 1. The van der Waals surface area contributed by atoms with Crippen LogP contribution in [0, 0.1) is 0 Å². The monoisotopic (exact) mass is 256 g/mol. The first-order valence-electron chi connectivity index (χ1n) is 5.60. The van der Waals surface area contributed by atoms with Crippen LogP contribution in [0.1, 0.15) is 12.8 Å². The van der Waals surface area contributed by atoms with Gasteiger partial charge in [0, 0.05) is 0 Å². The van der Waals surface area contributed by atoms with Gasteiger partial charge in [-0.3, -0.25) is 9.59 Å². The van der Waals surface area contributed by atoms with Crippen LogP contribution in [0.15, 0.2) is 12.7 Å². The quantitative estimate of drug-likeness (QED) is 0.671. The summed E-state index contributed by atoms with van der Waals surface area (Å²) in [7, 11) is 0. The molecule has 7 nitrogen and oxygen atoms in total. The zero-order valence-corrected chi connectivity index (χ0v) is 9.92. The molecule has 0 radical (unpaired) electrons. The highest BCUT2D eigenvalue weighted by Crippen LogP contribution is 2.09. The van der Waals surface area contributed by atoms with Crippen molar-refractivity contribution >= 4 is 18.0 Å². The summed E-state index contributed by atoms with van der Waals surface area (Å²) in [5.41, 5.74) is 0. The topological polar surface area (TPSA) is 95.9 Å². The number of ether oxygens (including phenoxy) is 1. The lowest BCUT2D eigenvalue weighted by atomic mass is 10.2. The van der Waals surface area contributed by atoms with Crippen LogP contribution in [0.2, 0.25) is 0 Å². The van der Waals surface area contributed by atoms with Crippen molar-refractivity contribution in [2.24, 2.45) is 0 Å². The first-order valence-corrected chi connectivity index (χ1v) is 5.60. The second-order valence-corrected chi connectivity index (χ2v) is 3.83. The van der Waals surface area contributed by atoms with E-state index in [2.05, 4.69) is 11.9 Å². The highest BCUT2D eigenvalue weighted by atomic mass is 16.6. The molecule has 0 unspecified atom stereocenters. The Morgan fingerprint density at radius 2 is 2.22 bits per heavy atom. The molecule has 1 heterocycles. The third-order valence-corrected chi connectivity index (χ3v) is 2.46. The van der Waals surface area contributed by atoms with Gasteiger partial charge in [-0.25, -0.2) is 9.69 Å². The zero-order chi connectivity index (χ0) is 13.5. The summed E-state index contributed by atoms with van der Waals surface area (Å²) in [6.07, 6.45) is 1.79. The molecule has 0 bridgehead atoms. The summed E-state index contributed by atoms with van der Waals surface area (Å²) in [6.45, 7) is 3.27. The fourth-order valence-electron chi connectivity index (χ4n) is 1.66. The van der Waals surface area contributed by atoms with Crippen molar-refractivity contribution in [3.63, 3.8) is 0 Å². The first-order chi connectivity index (χ1) is 8.56. The second-order valence-electron chi connectivity index (χ2n) is 3.83. The van der Waals surface area contributed by atoms with Crippen LogP contribution in [-0.4, -0.2) is 53.7 Å². The van der Waals surface area contributed by atoms with Gasteiger partial charge in [0.25, 0.3) is 0 Å². The minimum Gasteiger partial charge on any atom is -0.480 e. The molecule has 2 N–H and O–H groups in total. The number of rotatable bonds is 5. The Morgan fingerprint density at radius 1 is 1.50 bits per heavy atom.